The first-order valence-electron chi connectivity index (χ1n) is 8.18. The minimum absolute atomic E-state index is 0.0648. The van der Waals surface area contributed by atoms with Crippen LogP contribution in [-0.2, 0) is 12.8 Å². The largest absolute Gasteiger partial charge is 0.508 e. The van der Waals surface area contributed by atoms with Crippen molar-refractivity contribution >= 4 is 0 Å². The van der Waals surface area contributed by atoms with Crippen LogP contribution in [0.5, 0.6) is 11.5 Å². The molecule has 0 aromatic heterocycles. The number of halogens is 2. The van der Waals surface area contributed by atoms with Gasteiger partial charge in [-0.25, -0.2) is 8.78 Å². The maximum Gasteiger partial charge on any atom is 0.165 e. The molecule has 2 aromatic carbocycles. The van der Waals surface area contributed by atoms with Crippen LogP contribution < -0.4 is 10.1 Å². The molecule has 1 fully saturated rings. The van der Waals surface area contributed by atoms with Gasteiger partial charge in [-0.2, -0.15) is 0 Å². The average molecular weight is 351 g/mol. The van der Waals surface area contributed by atoms with Crippen LogP contribution in [0.15, 0.2) is 36.4 Å². The van der Waals surface area contributed by atoms with E-state index in [9.17, 15) is 13.9 Å². The highest BCUT2D eigenvalue weighted by Crippen LogP contribution is 2.22. The first-order chi connectivity index (χ1) is 12.0. The summed E-state index contributed by atoms with van der Waals surface area (Å²) in [5.41, 5.74) is 1.39. The van der Waals surface area contributed by atoms with Gasteiger partial charge in [0.05, 0.1) is 13.2 Å². The van der Waals surface area contributed by atoms with Crippen LogP contribution >= 0.6 is 0 Å². The van der Waals surface area contributed by atoms with Gasteiger partial charge in [0, 0.05) is 6.54 Å². The summed E-state index contributed by atoms with van der Waals surface area (Å²) in [5.74, 6) is -0.555. The fourth-order valence-electron chi connectivity index (χ4n) is 2.53. The molecule has 1 unspecified atom stereocenters. The first kappa shape index (κ1) is 19.1. The fourth-order valence-corrected chi connectivity index (χ4v) is 2.53. The lowest BCUT2D eigenvalue weighted by atomic mass is 10.0. The summed E-state index contributed by atoms with van der Waals surface area (Å²) in [6.45, 7) is 1.78. The van der Waals surface area contributed by atoms with E-state index in [1.165, 1.54) is 31.4 Å². The Morgan fingerprint density at radius 1 is 1.16 bits per heavy atom. The zero-order valence-electron chi connectivity index (χ0n) is 14.1. The molecule has 136 valence electrons. The molecule has 1 aliphatic rings. The second-order valence-corrected chi connectivity index (χ2v) is 5.89. The molecule has 6 heteroatoms. The number of hydrogen-bond donors (Lipinski definition) is 3. The lowest BCUT2D eigenvalue weighted by molar-refractivity contribution is 0.196. The van der Waals surface area contributed by atoms with Crippen LogP contribution in [0.4, 0.5) is 8.78 Å². The number of methoxy groups -OCH3 is 1. The van der Waals surface area contributed by atoms with Crippen molar-refractivity contribution in [3.63, 3.8) is 0 Å². The number of β-amino-alcohol motifs (C(OH)–C–C–N with tert-alkyl or cyclic N) is 1. The van der Waals surface area contributed by atoms with Crippen LogP contribution in [0.2, 0.25) is 0 Å². The smallest absolute Gasteiger partial charge is 0.165 e. The van der Waals surface area contributed by atoms with E-state index in [2.05, 4.69) is 5.32 Å². The van der Waals surface area contributed by atoms with E-state index >= 15 is 0 Å². The number of aliphatic hydroxyl groups excluding tert-OH is 1. The van der Waals surface area contributed by atoms with Crippen molar-refractivity contribution in [1.29, 1.82) is 0 Å². The Bertz CT molecular complexity index is 688. The molecule has 1 saturated heterocycles. The highest BCUT2D eigenvalue weighted by molar-refractivity contribution is 5.35. The molecule has 1 heterocycles. The molecule has 4 nitrogen and oxygen atoms in total. The van der Waals surface area contributed by atoms with Crippen LogP contribution in [0.1, 0.15) is 17.5 Å². The van der Waals surface area contributed by atoms with Crippen molar-refractivity contribution in [1.82, 2.24) is 5.32 Å². The number of phenolic OH excluding ortho intramolecular Hbond substituents is 1. The van der Waals surface area contributed by atoms with Gasteiger partial charge in [-0.3, -0.25) is 0 Å². The van der Waals surface area contributed by atoms with Crippen LogP contribution in [0.3, 0.4) is 0 Å². The van der Waals surface area contributed by atoms with E-state index in [0.717, 1.165) is 25.1 Å². The van der Waals surface area contributed by atoms with Crippen LogP contribution in [0, 0.1) is 11.6 Å². The molecule has 1 aliphatic heterocycles. The molecule has 25 heavy (non-hydrogen) atoms. The Kier molecular flexibility index (Phi) is 7.16. The molecule has 0 saturated carbocycles. The Morgan fingerprint density at radius 3 is 2.56 bits per heavy atom. The van der Waals surface area contributed by atoms with Crippen molar-refractivity contribution < 1.29 is 23.7 Å². The zero-order chi connectivity index (χ0) is 18.2. The summed E-state index contributed by atoms with van der Waals surface area (Å²) in [7, 11) is 1.40. The highest BCUT2D eigenvalue weighted by atomic mass is 19.1. The van der Waals surface area contributed by atoms with E-state index in [4.69, 9.17) is 9.84 Å². The number of hydrogen-bond acceptors (Lipinski definition) is 4. The molecule has 0 aliphatic carbocycles. The van der Waals surface area contributed by atoms with E-state index < -0.39 is 5.82 Å². The van der Waals surface area contributed by atoms with Crippen molar-refractivity contribution in [2.45, 2.75) is 25.4 Å². The first-order valence-corrected chi connectivity index (χ1v) is 8.18. The van der Waals surface area contributed by atoms with Gasteiger partial charge in [-0.15, -0.1) is 0 Å². The summed E-state index contributed by atoms with van der Waals surface area (Å²) < 4.78 is 31.2. The summed E-state index contributed by atoms with van der Waals surface area (Å²) in [4.78, 5) is 0. The monoisotopic (exact) mass is 351 g/mol. The van der Waals surface area contributed by atoms with Crippen molar-refractivity contribution in [3.05, 3.63) is 59.2 Å². The zero-order valence-corrected chi connectivity index (χ0v) is 14.1. The molecule has 0 spiro atoms. The standard InChI is InChI=1S/C15H14F2O2.C4H9NO/c1-19-15-8-10(3-6-13(15)17)2-4-11-9-12(16)5-7-14(11)18;6-4-1-2-5-3-4/h3,5-9,18H,2,4H2,1H3;4-6H,1-3H2. The maximum absolute atomic E-state index is 13.2. The summed E-state index contributed by atoms with van der Waals surface area (Å²) in [6.07, 6.45) is 1.90. The Hall–Kier alpha value is -2.18. The number of aryl methyl sites for hydroxylation is 2. The van der Waals surface area contributed by atoms with Gasteiger partial charge in [0.25, 0.3) is 0 Å². The van der Waals surface area contributed by atoms with Crippen LogP contribution in [0.25, 0.3) is 0 Å². The molecule has 0 bridgehead atoms. The van der Waals surface area contributed by atoms with Crippen LogP contribution in [-0.4, -0.2) is 36.5 Å². The Balaban J connectivity index is 0.000000316. The van der Waals surface area contributed by atoms with Gasteiger partial charge in [0.1, 0.15) is 11.6 Å². The summed E-state index contributed by atoms with van der Waals surface area (Å²) >= 11 is 0. The van der Waals surface area contributed by atoms with Gasteiger partial charge < -0.3 is 20.3 Å². The number of ether oxygens (including phenoxy) is 1. The molecule has 2 aromatic rings. The second-order valence-electron chi connectivity index (χ2n) is 5.89. The summed E-state index contributed by atoms with van der Waals surface area (Å²) in [6, 6.07) is 8.42. The summed E-state index contributed by atoms with van der Waals surface area (Å²) in [5, 5.41) is 21.3. The molecule has 1 atom stereocenters. The predicted octanol–water partition coefficient (Wildman–Crippen LogP) is 2.80. The lowest BCUT2D eigenvalue weighted by Gasteiger charge is -2.07. The molecular weight excluding hydrogens is 328 g/mol. The third kappa shape index (κ3) is 5.99. The van der Waals surface area contributed by atoms with Gasteiger partial charge >= 0.3 is 0 Å². The highest BCUT2D eigenvalue weighted by Gasteiger charge is 2.08. The van der Waals surface area contributed by atoms with Gasteiger partial charge in [-0.05, 0) is 67.3 Å². The maximum atomic E-state index is 13.2. The number of aromatic hydroxyl groups is 1. The van der Waals surface area contributed by atoms with Gasteiger partial charge in [-0.1, -0.05) is 6.07 Å². The van der Waals surface area contributed by atoms with Crippen molar-refractivity contribution in [2.75, 3.05) is 20.2 Å². The van der Waals surface area contributed by atoms with Gasteiger partial charge in [0.15, 0.2) is 11.6 Å². The quantitative estimate of drug-likeness (QED) is 0.793. The van der Waals surface area contributed by atoms with E-state index in [0.29, 0.717) is 18.4 Å². The molecule has 3 rings (SSSR count). The number of phenols is 1. The van der Waals surface area contributed by atoms with E-state index in [1.807, 2.05) is 0 Å². The number of benzene rings is 2. The number of nitrogens with one attached hydrogen (secondary N) is 1. The average Bonchev–Trinajstić information content (AvgIpc) is 3.08. The Morgan fingerprint density at radius 2 is 1.96 bits per heavy atom. The van der Waals surface area contributed by atoms with E-state index in [1.54, 1.807) is 12.1 Å². The Labute approximate surface area is 146 Å². The molecule has 0 radical (unpaired) electrons. The minimum Gasteiger partial charge on any atom is -0.508 e. The molecular formula is C19H23F2NO3. The predicted molar refractivity (Wildman–Crippen MR) is 91.9 cm³/mol. The van der Waals surface area contributed by atoms with Crippen molar-refractivity contribution in [3.8, 4) is 11.5 Å². The SMILES string of the molecule is COc1cc(CCc2cc(F)ccc2O)ccc1F.OC1CCNC1. The van der Waals surface area contributed by atoms with Gasteiger partial charge in [0.2, 0.25) is 0 Å². The number of aliphatic hydroxyl groups is 1. The fraction of sp³-hybridized carbons (Fsp3) is 0.368. The number of rotatable bonds is 4. The third-order valence-electron chi connectivity index (χ3n) is 3.97. The van der Waals surface area contributed by atoms with E-state index in [-0.39, 0.29) is 23.4 Å². The second kappa shape index (κ2) is 9.34. The van der Waals surface area contributed by atoms with Crippen molar-refractivity contribution in [2.24, 2.45) is 0 Å². The molecule has 3 N–H and O–H groups in total. The third-order valence-corrected chi connectivity index (χ3v) is 3.97. The molecule has 0 amide bonds. The lowest BCUT2D eigenvalue weighted by Crippen LogP contribution is -2.11. The minimum atomic E-state index is -0.417. The topological polar surface area (TPSA) is 61.7 Å². The normalized spacial score (nSPS) is 16.2.